The quantitative estimate of drug-likeness (QED) is 0.508. The van der Waals surface area contributed by atoms with Gasteiger partial charge in [0.2, 0.25) is 0 Å². The molecule has 7 nitrogen and oxygen atoms in total. The Kier molecular flexibility index (Phi) is 2.96. The predicted octanol–water partition coefficient (Wildman–Crippen LogP) is 3.26. The lowest BCUT2D eigenvalue weighted by Gasteiger charge is -2.06. The highest BCUT2D eigenvalue weighted by Gasteiger charge is 2.09. The van der Waals surface area contributed by atoms with Gasteiger partial charge < -0.3 is 4.42 Å². The van der Waals surface area contributed by atoms with Crippen molar-refractivity contribution in [3.8, 4) is 22.8 Å². The van der Waals surface area contributed by atoms with Gasteiger partial charge in [-0.1, -0.05) is 6.07 Å². The molecule has 0 saturated heterocycles. The lowest BCUT2D eigenvalue weighted by molar-refractivity contribution is 0.568. The summed E-state index contributed by atoms with van der Waals surface area (Å²) in [6.45, 7) is 0. The molecule has 0 aliphatic carbocycles. The summed E-state index contributed by atoms with van der Waals surface area (Å²) in [5.74, 6) is 1.50. The van der Waals surface area contributed by atoms with Crippen LogP contribution in [0.5, 0.6) is 0 Å². The van der Waals surface area contributed by atoms with Gasteiger partial charge in [-0.05, 0) is 23.8 Å². The van der Waals surface area contributed by atoms with E-state index in [4.69, 9.17) is 4.42 Å². The van der Waals surface area contributed by atoms with Crippen molar-refractivity contribution in [2.75, 3.05) is 0 Å². The number of fused-ring (bicyclic) bond motifs is 1. The summed E-state index contributed by atoms with van der Waals surface area (Å²) in [7, 11) is 0. The first-order chi connectivity index (χ1) is 12.4. The average molecular weight is 328 g/mol. The van der Waals surface area contributed by atoms with Crippen LogP contribution in [0.2, 0.25) is 0 Å². The van der Waals surface area contributed by atoms with Crippen LogP contribution in [0, 0.1) is 0 Å². The predicted molar refractivity (Wildman–Crippen MR) is 91.5 cm³/mol. The minimum Gasteiger partial charge on any atom is -0.472 e. The minimum absolute atomic E-state index is 0.747. The third-order valence-corrected chi connectivity index (χ3v) is 4.06. The first kappa shape index (κ1) is 13.7. The Morgan fingerprint density at radius 1 is 0.880 bits per heavy atom. The Morgan fingerprint density at radius 2 is 1.84 bits per heavy atom. The maximum Gasteiger partial charge on any atom is 0.143 e. The molecule has 0 unspecified atom stereocenters. The van der Waals surface area contributed by atoms with Crippen molar-refractivity contribution in [3.63, 3.8) is 0 Å². The molecule has 0 radical (unpaired) electrons. The van der Waals surface area contributed by atoms with E-state index in [1.807, 2.05) is 45.7 Å². The minimum atomic E-state index is 0.747. The summed E-state index contributed by atoms with van der Waals surface area (Å²) in [4.78, 5) is 17.2. The second-order valence-electron chi connectivity index (χ2n) is 5.53. The standard InChI is InChI=1S/C18H12N6O/c1-2-16-15(7-13(1)14-3-6-25-9-14)22-12-24(16)18-8-17(20-10-21-18)23-5-4-19-11-23/h1-12H. The first-order valence-electron chi connectivity index (χ1n) is 7.69. The van der Waals surface area contributed by atoms with Crippen molar-refractivity contribution in [1.82, 2.24) is 29.1 Å². The van der Waals surface area contributed by atoms with Crippen LogP contribution in [0.3, 0.4) is 0 Å². The number of furan rings is 1. The van der Waals surface area contributed by atoms with Crippen LogP contribution in [0.15, 0.2) is 78.7 Å². The Bertz CT molecular complexity index is 1140. The maximum atomic E-state index is 5.15. The molecular formula is C18H12N6O. The maximum absolute atomic E-state index is 5.15. The van der Waals surface area contributed by atoms with Gasteiger partial charge in [0.1, 0.15) is 30.6 Å². The molecule has 7 heteroatoms. The fraction of sp³-hybridized carbons (Fsp3) is 0. The zero-order valence-corrected chi connectivity index (χ0v) is 13.0. The summed E-state index contributed by atoms with van der Waals surface area (Å²) in [6, 6.07) is 9.94. The first-order valence-corrected chi connectivity index (χ1v) is 7.69. The second kappa shape index (κ2) is 5.41. The van der Waals surface area contributed by atoms with Crippen LogP contribution < -0.4 is 0 Å². The molecule has 0 aliphatic heterocycles. The van der Waals surface area contributed by atoms with Crippen LogP contribution in [-0.4, -0.2) is 29.1 Å². The molecule has 0 amide bonds. The normalized spacial score (nSPS) is 11.2. The molecule has 0 N–H and O–H groups in total. The topological polar surface area (TPSA) is 74.6 Å². The largest absolute Gasteiger partial charge is 0.472 e. The molecule has 5 aromatic rings. The lowest BCUT2D eigenvalue weighted by Crippen LogP contribution is -2.01. The molecule has 1 aromatic carbocycles. The summed E-state index contributed by atoms with van der Waals surface area (Å²) in [6.07, 6.45) is 12.0. The highest BCUT2D eigenvalue weighted by molar-refractivity contribution is 5.83. The molecular weight excluding hydrogens is 316 g/mol. The molecule has 0 fully saturated rings. The van der Waals surface area contributed by atoms with Gasteiger partial charge in [-0.15, -0.1) is 0 Å². The number of hydrogen-bond donors (Lipinski definition) is 0. The Labute approximate surface area is 142 Å². The second-order valence-corrected chi connectivity index (χ2v) is 5.53. The number of hydrogen-bond acceptors (Lipinski definition) is 5. The molecule has 0 aliphatic rings. The number of nitrogens with zero attached hydrogens (tertiary/aromatic N) is 6. The van der Waals surface area contributed by atoms with Gasteiger partial charge in [-0.25, -0.2) is 19.9 Å². The number of imidazole rings is 2. The van der Waals surface area contributed by atoms with Crippen LogP contribution in [0.1, 0.15) is 0 Å². The summed E-state index contributed by atoms with van der Waals surface area (Å²) in [5, 5.41) is 0. The van der Waals surface area contributed by atoms with Gasteiger partial charge >= 0.3 is 0 Å². The SMILES string of the molecule is c1cn(-c2cc(-n3cnc4cc(-c5ccoc5)ccc43)ncn2)cn1. The van der Waals surface area contributed by atoms with Crippen molar-refractivity contribution in [2.24, 2.45) is 0 Å². The lowest BCUT2D eigenvalue weighted by atomic mass is 10.1. The number of benzene rings is 1. The van der Waals surface area contributed by atoms with Crippen LogP contribution in [0.4, 0.5) is 0 Å². The van der Waals surface area contributed by atoms with E-state index in [-0.39, 0.29) is 0 Å². The molecule has 0 bridgehead atoms. The Morgan fingerprint density at radius 3 is 2.68 bits per heavy atom. The molecule has 4 aromatic heterocycles. The Hall–Kier alpha value is -3.74. The van der Waals surface area contributed by atoms with Gasteiger partial charge in [-0.2, -0.15) is 0 Å². The van der Waals surface area contributed by atoms with Gasteiger partial charge in [0.25, 0.3) is 0 Å². The highest BCUT2D eigenvalue weighted by atomic mass is 16.3. The summed E-state index contributed by atoms with van der Waals surface area (Å²) >= 11 is 0. The summed E-state index contributed by atoms with van der Waals surface area (Å²) < 4.78 is 8.93. The molecule has 120 valence electrons. The van der Waals surface area contributed by atoms with E-state index in [0.29, 0.717) is 0 Å². The van der Waals surface area contributed by atoms with Crippen molar-refractivity contribution < 1.29 is 4.42 Å². The van der Waals surface area contributed by atoms with Crippen LogP contribution in [0.25, 0.3) is 33.8 Å². The average Bonchev–Trinajstić information content (AvgIpc) is 3.42. The van der Waals surface area contributed by atoms with Crippen molar-refractivity contribution in [3.05, 3.63) is 74.2 Å². The van der Waals surface area contributed by atoms with Crippen LogP contribution in [-0.2, 0) is 0 Å². The van der Waals surface area contributed by atoms with Gasteiger partial charge in [-0.3, -0.25) is 9.13 Å². The van der Waals surface area contributed by atoms with Crippen molar-refractivity contribution in [2.45, 2.75) is 0 Å². The van der Waals surface area contributed by atoms with Crippen molar-refractivity contribution in [1.29, 1.82) is 0 Å². The zero-order chi connectivity index (χ0) is 16.6. The molecule has 0 atom stereocenters. The fourth-order valence-corrected chi connectivity index (χ4v) is 2.81. The summed E-state index contributed by atoms with van der Waals surface area (Å²) in [5.41, 5.74) is 3.96. The van der Waals surface area contributed by atoms with E-state index in [0.717, 1.165) is 33.8 Å². The van der Waals surface area contributed by atoms with Crippen molar-refractivity contribution >= 4 is 11.0 Å². The molecule has 0 spiro atoms. The third kappa shape index (κ3) is 2.29. The zero-order valence-electron chi connectivity index (χ0n) is 13.0. The fourth-order valence-electron chi connectivity index (χ4n) is 2.81. The van der Waals surface area contributed by atoms with E-state index >= 15 is 0 Å². The van der Waals surface area contributed by atoms with E-state index < -0.39 is 0 Å². The van der Waals surface area contributed by atoms with E-state index in [1.165, 1.54) is 6.33 Å². The van der Waals surface area contributed by atoms with E-state index in [1.54, 1.807) is 31.4 Å². The van der Waals surface area contributed by atoms with Gasteiger partial charge in [0.05, 0.1) is 23.6 Å². The smallest absolute Gasteiger partial charge is 0.143 e. The number of aromatic nitrogens is 6. The van der Waals surface area contributed by atoms with E-state index in [9.17, 15) is 0 Å². The monoisotopic (exact) mass is 328 g/mol. The molecule has 5 rings (SSSR count). The molecule has 0 saturated carbocycles. The Balaban J connectivity index is 1.61. The van der Waals surface area contributed by atoms with Crippen LogP contribution >= 0.6 is 0 Å². The number of rotatable bonds is 3. The van der Waals surface area contributed by atoms with Gasteiger partial charge in [0.15, 0.2) is 0 Å². The van der Waals surface area contributed by atoms with E-state index in [2.05, 4.69) is 19.9 Å². The highest BCUT2D eigenvalue weighted by Crippen LogP contribution is 2.25. The molecule has 4 heterocycles. The van der Waals surface area contributed by atoms with Gasteiger partial charge in [0, 0.05) is 24.0 Å². The third-order valence-electron chi connectivity index (χ3n) is 4.06. The molecule has 25 heavy (non-hydrogen) atoms.